The fraction of sp³-hybridized carbons (Fsp3) is 0.167. The van der Waals surface area contributed by atoms with Crippen molar-refractivity contribution in [2.45, 2.75) is 6.54 Å². The molecule has 0 aliphatic heterocycles. The summed E-state index contributed by atoms with van der Waals surface area (Å²) in [5.74, 6) is 0.619. The van der Waals surface area contributed by atoms with Gasteiger partial charge in [-0.2, -0.15) is 4.80 Å². The van der Waals surface area contributed by atoms with Crippen LogP contribution in [0.5, 0.6) is 0 Å². The maximum absolute atomic E-state index is 5.79. The maximum atomic E-state index is 5.79. The van der Waals surface area contributed by atoms with E-state index in [-0.39, 0.29) is 0 Å². The molecule has 0 saturated heterocycles. The van der Waals surface area contributed by atoms with Gasteiger partial charge in [-0.3, -0.25) is 0 Å². The first-order valence-electron chi connectivity index (χ1n) is 5.89. The number of rotatable bonds is 4. The lowest BCUT2D eigenvalue weighted by atomic mass is 10.2. The van der Waals surface area contributed by atoms with Gasteiger partial charge in [0, 0.05) is 22.3 Å². The van der Waals surface area contributed by atoms with Gasteiger partial charge in [0.15, 0.2) is 4.47 Å². The molecule has 1 N–H and O–H groups in total. The second-order valence-electron chi connectivity index (χ2n) is 4.11. The van der Waals surface area contributed by atoms with E-state index in [0.717, 1.165) is 16.1 Å². The molecule has 0 unspecified atom stereocenters. The van der Waals surface area contributed by atoms with Gasteiger partial charge in [0.2, 0.25) is 5.82 Å². The highest BCUT2D eigenvalue weighted by Gasteiger charge is 2.04. The quantitative estimate of drug-likeness (QED) is 0.802. The summed E-state index contributed by atoms with van der Waals surface area (Å²) in [5, 5.41) is 15.3. The fourth-order valence-corrected chi connectivity index (χ4v) is 2.61. The lowest BCUT2D eigenvalue weighted by Gasteiger charge is -2.04. The Bertz CT molecular complexity index is 705. The molecule has 0 atom stereocenters. The number of thiazole rings is 1. The molecule has 0 radical (unpaired) electrons. The third-order valence-corrected chi connectivity index (χ3v) is 3.76. The molecule has 2 aromatic heterocycles. The minimum atomic E-state index is 0.561. The SMILES string of the molecule is Cn1nnc(-c2ccc(NCc3cnc(Cl)s3)cc2)n1. The molecule has 0 aliphatic carbocycles. The number of nitrogens with zero attached hydrogens (tertiary/aromatic N) is 5. The number of halogens is 1. The van der Waals surface area contributed by atoms with Crippen LogP contribution in [0.15, 0.2) is 30.5 Å². The Kier molecular flexibility index (Phi) is 3.62. The zero-order valence-electron chi connectivity index (χ0n) is 10.6. The minimum Gasteiger partial charge on any atom is -0.380 e. The molecule has 3 rings (SSSR count). The molecular formula is C12H11ClN6S. The lowest BCUT2D eigenvalue weighted by molar-refractivity contribution is 0.630. The van der Waals surface area contributed by atoms with E-state index in [1.807, 2.05) is 24.3 Å². The highest BCUT2D eigenvalue weighted by molar-refractivity contribution is 7.15. The zero-order valence-corrected chi connectivity index (χ0v) is 12.2. The number of anilines is 1. The molecule has 6 nitrogen and oxygen atoms in total. The van der Waals surface area contributed by atoms with E-state index in [0.29, 0.717) is 16.8 Å². The molecule has 2 heterocycles. The van der Waals surface area contributed by atoms with Crippen LogP contribution in [0.2, 0.25) is 4.47 Å². The van der Waals surface area contributed by atoms with E-state index in [1.54, 1.807) is 13.2 Å². The van der Waals surface area contributed by atoms with Gasteiger partial charge < -0.3 is 5.32 Å². The second-order valence-corrected chi connectivity index (χ2v) is 5.81. The van der Waals surface area contributed by atoms with Gasteiger partial charge in [-0.1, -0.05) is 11.6 Å². The van der Waals surface area contributed by atoms with Crippen LogP contribution in [-0.2, 0) is 13.6 Å². The number of nitrogens with one attached hydrogen (secondary N) is 1. The number of benzene rings is 1. The second kappa shape index (κ2) is 5.56. The van der Waals surface area contributed by atoms with Crippen molar-refractivity contribution < 1.29 is 0 Å². The Labute approximate surface area is 124 Å². The average Bonchev–Trinajstić information content (AvgIpc) is 3.06. The van der Waals surface area contributed by atoms with Crippen molar-refractivity contribution in [2.24, 2.45) is 7.05 Å². The molecule has 0 amide bonds. The highest BCUT2D eigenvalue weighted by atomic mass is 35.5. The summed E-state index contributed by atoms with van der Waals surface area (Å²) < 4.78 is 0.561. The van der Waals surface area contributed by atoms with Gasteiger partial charge in [-0.25, -0.2) is 4.98 Å². The summed E-state index contributed by atoms with van der Waals surface area (Å²) in [7, 11) is 1.74. The first kappa shape index (κ1) is 13.0. The summed E-state index contributed by atoms with van der Waals surface area (Å²) in [6, 6.07) is 7.88. The van der Waals surface area contributed by atoms with Crippen LogP contribution in [-0.4, -0.2) is 25.2 Å². The van der Waals surface area contributed by atoms with E-state index >= 15 is 0 Å². The number of aryl methyl sites for hydroxylation is 1. The summed E-state index contributed by atoms with van der Waals surface area (Å²) in [5.41, 5.74) is 1.95. The Morgan fingerprint density at radius 3 is 2.70 bits per heavy atom. The summed E-state index contributed by atoms with van der Waals surface area (Å²) in [6.07, 6.45) is 1.78. The van der Waals surface area contributed by atoms with E-state index in [2.05, 4.69) is 25.7 Å². The summed E-state index contributed by atoms with van der Waals surface area (Å²) in [4.78, 5) is 6.53. The van der Waals surface area contributed by atoms with E-state index < -0.39 is 0 Å². The number of aromatic nitrogens is 5. The van der Waals surface area contributed by atoms with E-state index in [4.69, 9.17) is 11.6 Å². The molecular weight excluding hydrogens is 296 g/mol. The van der Waals surface area contributed by atoms with Crippen molar-refractivity contribution >= 4 is 28.6 Å². The predicted octanol–water partition coefficient (Wildman–Crippen LogP) is 2.60. The number of hydrogen-bond acceptors (Lipinski definition) is 6. The lowest BCUT2D eigenvalue weighted by Crippen LogP contribution is -1.97. The Morgan fingerprint density at radius 2 is 2.10 bits per heavy atom. The highest BCUT2D eigenvalue weighted by Crippen LogP contribution is 2.20. The third kappa shape index (κ3) is 2.94. The largest absolute Gasteiger partial charge is 0.380 e. The Balaban J connectivity index is 1.67. The smallest absolute Gasteiger partial charge is 0.204 e. The minimum absolute atomic E-state index is 0.561. The molecule has 102 valence electrons. The van der Waals surface area contributed by atoms with Gasteiger partial charge in [-0.05, 0) is 29.5 Å². The van der Waals surface area contributed by atoms with Crippen molar-refractivity contribution in [1.29, 1.82) is 0 Å². The molecule has 3 aromatic rings. The zero-order chi connectivity index (χ0) is 13.9. The van der Waals surface area contributed by atoms with E-state index in [1.165, 1.54) is 16.1 Å². The Hall–Kier alpha value is -1.99. The van der Waals surface area contributed by atoms with Gasteiger partial charge in [0.05, 0.1) is 13.6 Å². The molecule has 0 saturated carbocycles. The van der Waals surface area contributed by atoms with Crippen molar-refractivity contribution in [3.05, 3.63) is 39.8 Å². The monoisotopic (exact) mass is 306 g/mol. The van der Waals surface area contributed by atoms with Gasteiger partial charge in [0.1, 0.15) is 0 Å². The molecule has 0 bridgehead atoms. The van der Waals surface area contributed by atoms with Crippen LogP contribution in [0, 0.1) is 0 Å². The van der Waals surface area contributed by atoms with Crippen LogP contribution in [0.4, 0.5) is 5.69 Å². The standard InChI is InChI=1S/C12H11ClN6S/c1-19-17-11(16-18-19)8-2-4-9(5-3-8)14-6-10-7-15-12(13)20-10/h2-5,7,14H,6H2,1H3. The van der Waals surface area contributed by atoms with Crippen molar-refractivity contribution in [3.63, 3.8) is 0 Å². The van der Waals surface area contributed by atoms with Gasteiger partial charge >= 0.3 is 0 Å². The van der Waals surface area contributed by atoms with Crippen molar-refractivity contribution in [1.82, 2.24) is 25.2 Å². The molecule has 0 fully saturated rings. The molecule has 8 heteroatoms. The van der Waals surface area contributed by atoms with Crippen LogP contribution in [0.25, 0.3) is 11.4 Å². The first-order valence-corrected chi connectivity index (χ1v) is 7.09. The van der Waals surface area contributed by atoms with Crippen molar-refractivity contribution in [3.8, 4) is 11.4 Å². The van der Waals surface area contributed by atoms with Crippen molar-refractivity contribution in [2.75, 3.05) is 5.32 Å². The number of hydrogen-bond donors (Lipinski definition) is 1. The molecule has 20 heavy (non-hydrogen) atoms. The van der Waals surface area contributed by atoms with Gasteiger partial charge in [-0.15, -0.1) is 21.5 Å². The normalized spacial score (nSPS) is 10.7. The fourth-order valence-electron chi connectivity index (χ4n) is 1.69. The molecule has 1 aromatic carbocycles. The predicted molar refractivity (Wildman–Crippen MR) is 78.7 cm³/mol. The summed E-state index contributed by atoms with van der Waals surface area (Å²) >= 11 is 7.26. The van der Waals surface area contributed by atoms with Crippen LogP contribution in [0.3, 0.4) is 0 Å². The third-order valence-electron chi connectivity index (χ3n) is 2.64. The van der Waals surface area contributed by atoms with Crippen LogP contribution >= 0.6 is 22.9 Å². The molecule has 0 spiro atoms. The van der Waals surface area contributed by atoms with Crippen LogP contribution < -0.4 is 5.32 Å². The number of tetrazole rings is 1. The maximum Gasteiger partial charge on any atom is 0.204 e. The first-order chi connectivity index (χ1) is 9.70. The summed E-state index contributed by atoms with van der Waals surface area (Å²) in [6.45, 7) is 0.702. The van der Waals surface area contributed by atoms with Gasteiger partial charge in [0.25, 0.3) is 0 Å². The van der Waals surface area contributed by atoms with E-state index in [9.17, 15) is 0 Å². The Morgan fingerprint density at radius 1 is 1.30 bits per heavy atom. The average molecular weight is 307 g/mol. The molecule has 0 aliphatic rings. The van der Waals surface area contributed by atoms with Crippen LogP contribution in [0.1, 0.15) is 4.88 Å². The topological polar surface area (TPSA) is 68.5 Å².